The van der Waals surface area contributed by atoms with Crippen molar-refractivity contribution in [3.63, 3.8) is 0 Å². The number of hydrogen-bond donors (Lipinski definition) is 1. The molecule has 0 radical (unpaired) electrons. The lowest BCUT2D eigenvalue weighted by atomic mass is 9.97. The SMILES string of the molecule is CNCCCCCN(C)CCC/C1=C/CCCCCC1. The highest BCUT2D eigenvalue weighted by Gasteiger charge is 2.03. The highest BCUT2D eigenvalue weighted by molar-refractivity contribution is 5.02. The third kappa shape index (κ3) is 9.55. The van der Waals surface area contributed by atoms with Gasteiger partial charge in [0.1, 0.15) is 0 Å². The quantitative estimate of drug-likeness (QED) is 0.472. The van der Waals surface area contributed by atoms with Gasteiger partial charge in [-0.3, -0.25) is 0 Å². The van der Waals surface area contributed by atoms with Crippen LogP contribution >= 0.6 is 0 Å². The first kappa shape index (κ1) is 17.7. The second-order valence-corrected chi connectivity index (χ2v) is 6.39. The van der Waals surface area contributed by atoms with Crippen LogP contribution in [0.5, 0.6) is 0 Å². The Balaban J connectivity index is 2.01. The van der Waals surface area contributed by atoms with Crippen LogP contribution in [0.4, 0.5) is 0 Å². The molecule has 0 saturated carbocycles. The molecule has 0 saturated heterocycles. The topological polar surface area (TPSA) is 15.3 Å². The van der Waals surface area contributed by atoms with Gasteiger partial charge < -0.3 is 10.2 Å². The Bertz CT molecular complexity index is 248. The van der Waals surface area contributed by atoms with E-state index in [0.717, 1.165) is 6.54 Å². The predicted octanol–water partition coefficient (Wildman–Crippen LogP) is 4.37. The standard InChI is InChI=1S/C18H36N2/c1-19-15-9-6-10-16-20(2)17-11-14-18-12-7-4-3-5-8-13-18/h12,19H,3-11,13-17H2,1-2H3/b18-12+. The lowest BCUT2D eigenvalue weighted by molar-refractivity contribution is 0.319. The van der Waals surface area contributed by atoms with E-state index in [0.29, 0.717) is 0 Å². The molecule has 0 aromatic rings. The van der Waals surface area contributed by atoms with Gasteiger partial charge in [-0.1, -0.05) is 30.9 Å². The molecule has 0 aromatic carbocycles. The molecule has 2 heteroatoms. The Morgan fingerprint density at radius 3 is 2.65 bits per heavy atom. The summed E-state index contributed by atoms with van der Waals surface area (Å²) in [7, 11) is 4.32. The number of nitrogens with zero attached hydrogens (tertiary/aromatic N) is 1. The maximum Gasteiger partial charge on any atom is -0.00187 e. The van der Waals surface area contributed by atoms with Crippen molar-refractivity contribution >= 4 is 0 Å². The number of hydrogen-bond acceptors (Lipinski definition) is 2. The van der Waals surface area contributed by atoms with Crippen molar-refractivity contribution in [2.75, 3.05) is 33.7 Å². The van der Waals surface area contributed by atoms with E-state index < -0.39 is 0 Å². The molecule has 1 aliphatic carbocycles. The first-order valence-corrected chi connectivity index (χ1v) is 8.84. The summed E-state index contributed by atoms with van der Waals surface area (Å²) in [5, 5.41) is 3.22. The Labute approximate surface area is 127 Å². The van der Waals surface area contributed by atoms with Gasteiger partial charge in [-0.15, -0.1) is 0 Å². The molecular formula is C18H36N2. The van der Waals surface area contributed by atoms with Gasteiger partial charge in [0.15, 0.2) is 0 Å². The van der Waals surface area contributed by atoms with Crippen molar-refractivity contribution < 1.29 is 0 Å². The van der Waals surface area contributed by atoms with Gasteiger partial charge in [0.2, 0.25) is 0 Å². The van der Waals surface area contributed by atoms with Gasteiger partial charge >= 0.3 is 0 Å². The van der Waals surface area contributed by atoms with Crippen molar-refractivity contribution in [1.29, 1.82) is 0 Å². The monoisotopic (exact) mass is 280 g/mol. The van der Waals surface area contributed by atoms with Crippen LogP contribution in [-0.2, 0) is 0 Å². The molecule has 0 heterocycles. The van der Waals surface area contributed by atoms with Crippen molar-refractivity contribution in [3.8, 4) is 0 Å². The molecular weight excluding hydrogens is 244 g/mol. The second-order valence-electron chi connectivity index (χ2n) is 6.39. The van der Waals surface area contributed by atoms with Crippen molar-refractivity contribution in [3.05, 3.63) is 11.6 Å². The molecule has 0 fully saturated rings. The van der Waals surface area contributed by atoms with Crippen molar-refractivity contribution in [2.24, 2.45) is 0 Å². The van der Waals surface area contributed by atoms with Crippen LogP contribution < -0.4 is 5.32 Å². The smallest absolute Gasteiger partial charge is 0.00187 e. The average molecular weight is 280 g/mol. The summed E-state index contributed by atoms with van der Waals surface area (Å²) in [6, 6.07) is 0. The van der Waals surface area contributed by atoms with Crippen LogP contribution in [0.3, 0.4) is 0 Å². The Kier molecular flexibility index (Phi) is 11.0. The molecule has 2 nitrogen and oxygen atoms in total. The van der Waals surface area contributed by atoms with Crippen LogP contribution in [0, 0.1) is 0 Å². The van der Waals surface area contributed by atoms with E-state index in [9.17, 15) is 0 Å². The zero-order valence-corrected chi connectivity index (χ0v) is 13.9. The predicted molar refractivity (Wildman–Crippen MR) is 90.3 cm³/mol. The zero-order valence-electron chi connectivity index (χ0n) is 13.9. The Morgan fingerprint density at radius 1 is 1.00 bits per heavy atom. The third-order valence-electron chi connectivity index (χ3n) is 4.39. The van der Waals surface area contributed by atoms with Gasteiger partial charge in [0, 0.05) is 0 Å². The fourth-order valence-electron chi connectivity index (χ4n) is 3.03. The van der Waals surface area contributed by atoms with Gasteiger partial charge in [-0.05, 0) is 85.1 Å². The van der Waals surface area contributed by atoms with Gasteiger partial charge in [-0.25, -0.2) is 0 Å². The molecule has 0 spiro atoms. The molecule has 0 aromatic heterocycles. The van der Waals surface area contributed by atoms with E-state index >= 15 is 0 Å². The molecule has 0 unspecified atom stereocenters. The largest absolute Gasteiger partial charge is 0.320 e. The maximum absolute atomic E-state index is 3.22. The third-order valence-corrected chi connectivity index (χ3v) is 4.39. The molecule has 0 amide bonds. The molecule has 1 rings (SSSR count). The minimum absolute atomic E-state index is 1.16. The summed E-state index contributed by atoms with van der Waals surface area (Å²) in [5.74, 6) is 0. The van der Waals surface area contributed by atoms with Gasteiger partial charge in [-0.2, -0.15) is 0 Å². The van der Waals surface area contributed by atoms with Crippen LogP contribution in [0.1, 0.15) is 70.6 Å². The minimum Gasteiger partial charge on any atom is -0.320 e. The molecule has 118 valence electrons. The van der Waals surface area contributed by atoms with E-state index in [2.05, 4.69) is 23.3 Å². The first-order valence-electron chi connectivity index (χ1n) is 8.84. The van der Waals surface area contributed by atoms with E-state index in [1.54, 1.807) is 5.57 Å². The van der Waals surface area contributed by atoms with E-state index in [1.807, 2.05) is 7.05 Å². The lowest BCUT2D eigenvalue weighted by Crippen LogP contribution is -2.21. The summed E-state index contributed by atoms with van der Waals surface area (Å²) >= 11 is 0. The number of allylic oxidation sites excluding steroid dienone is 2. The summed E-state index contributed by atoms with van der Waals surface area (Å²) in [6.07, 6.45) is 17.7. The van der Waals surface area contributed by atoms with Crippen molar-refractivity contribution in [2.45, 2.75) is 70.6 Å². The van der Waals surface area contributed by atoms with E-state index in [-0.39, 0.29) is 0 Å². The van der Waals surface area contributed by atoms with Crippen LogP contribution in [0.25, 0.3) is 0 Å². The normalized spacial score (nSPS) is 19.4. The van der Waals surface area contributed by atoms with Crippen LogP contribution in [-0.4, -0.2) is 38.6 Å². The molecule has 1 aliphatic rings. The molecule has 0 aliphatic heterocycles. The summed E-state index contributed by atoms with van der Waals surface area (Å²) in [4.78, 5) is 2.52. The maximum atomic E-state index is 3.22. The summed E-state index contributed by atoms with van der Waals surface area (Å²) in [5.41, 5.74) is 1.74. The van der Waals surface area contributed by atoms with Crippen LogP contribution in [0.15, 0.2) is 11.6 Å². The zero-order chi connectivity index (χ0) is 14.5. The first-order chi connectivity index (χ1) is 9.83. The molecule has 20 heavy (non-hydrogen) atoms. The summed E-state index contributed by atoms with van der Waals surface area (Å²) in [6.45, 7) is 3.70. The Hall–Kier alpha value is -0.340. The van der Waals surface area contributed by atoms with Crippen molar-refractivity contribution in [1.82, 2.24) is 10.2 Å². The highest BCUT2D eigenvalue weighted by Crippen LogP contribution is 2.20. The highest BCUT2D eigenvalue weighted by atomic mass is 15.1. The Morgan fingerprint density at radius 2 is 1.80 bits per heavy atom. The van der Waals surface area contributed by atoms with Crippen LogP contribution in [0.2, 0.25) is 0 Å². The average Bonchev–Trinajstić information content (AvgIpc) is 2.41. The fraction of sp³-hybridized carbons (Fsp3) is 0.889. The number of unbranched alkanes of at least 4 members (excludes halogenated alkanes) is 2. The van der Waals surface area contributed by atoms with E-state index in [1.165, 1.54) is 83.7 Å². The minimum atomic E-state index is 1.16. The molecule has 0 bridgehead atoms. The van der Waals surface area contributed by atoms with Gasteiger partial charge in [0.05, 0.1) is 0 Å². The van der Waals surface area contributed by atoms with E-state index in [4.69, 9.17) is 0 Å². The molecule has 1 N–H and O–H groups in total. The summed E-state index contributed by atoms with van der Waals surface area (Å²) < 4.78 is 0. The fourth-order valence-corrected chi connectivity index (χ4v) is 3.03. The number of rotatable bonds is 10. The van der Waals surface area contributed by atoms with Gasteiger partial charge in [0.25, 0.3) is 0 Å². The lowest BCUT2D eigenvalue weighted by Gasteiger charge is -2.17. The molecule has 0 atom stereocenters. The number of nitrogens with one attached hydrogen (secondary N) is 1. The second kappa shape index (κ2) is 12.4.